The van der Waals surface area contributed by atoms with Gasteiger partial charge in [0.25, 0.3) is 0 Å². The molecular formula is C11H16ClF3N4O. The Morgan fingerprint density at radius 3 is 2.45 bits per heavy atom. The number of hydrogen-bond donors (Lipinski definition) is 2. The lowest BCUT2D eigenvalue weighted by Crippen LogP contribution is -2.43. The topological polar surface area (TPSA) is 61.3 Å². The summed E-state index contributed by atoms with van der Waals surface area (Å²) in [6, 6.07) is 1.17. The van der Waals surface area contributed by atoms with Gasteiger partial charge in [-0.2, -0.15) is 13.2 Å². The second-order valence-electron chi connectivity index (χ2n) is 4.99. The number of anilines is 1. The SMILES string of the molecule is CN(C)CC(C)(O)CNc1cc(Cl)nc(C(F)(F)F)n1. The van der Waals surface area contributed by atoms with Crippen molar-refractivity contribution in [2.45, 2.75) is 18.7 Å². The number of alkyl halides is 3. The first kappa shape index (κ1) is 16.9. The quantitative estimate of drug-likeness (QED) is 0.813. The zero-order valence-electron chi connectivity index (χ0n) is 11.3. The van der Waals surface area contributed by atoms with Crippen molar-refractivity contribution in [2.75, 3.05) is 32.5 Å². The van der Waals surface area contributed by atoms with Crippen LogP contribution in [0, 0.1) is 0 Å². The third-order valence-corrected chi connectivity index (χ3v) is 2.45. The molecule has 20 heavy (non-hydrogen) atoms. The van der Waals surface area contributed by atoms with E-state index < -0.39 is 17.6 Å². The fourth-order valence-corrected chi connectivity index (χ4v) is 1.84. The van der Waals surface area contributed by atoms with Gasteiger partial charge >= 0.3 is 6.18 Å². The van der Waals surface area contributed by atoms with E-state index in [0.29, 0.717) is 6.54 Å². The lowest BCUT2D eigenvalue weighted by molar-refractivity contribution is -0.144. The summed E-state index contributed by atoms with van der Waals surface area (Å²) in [5.41, 5.74) is -1.13. The summed E-state index contributed by atoms with van der Waals surface area (Å²) < 4.78 is 37.6. The summed E-state index contributed by atoms with van der Waals surface area (Å²) in [5, 5.41) is 12.4. The van der Waals surface area contributed by atoms with Crippen LogP contribution >= 0.6 is 11.6 Å². The first-order chi connectivity index (χ1) is 8.99. The van der Waals surface area contributed by atoms with Crippen LogP contribution in [0.1, 0.15) is 12.7 Å². The van der Waals surface area contributed by atoms with Crippen molar-refractivity contribution in [1.29, 1.82) is 0 Å². The molecule has 0 spiro atoms. The van der Waals surface area contributed by atoms with Gasteiger partial charge in [0, 0.05) is 19.2 Å². The summed E-state index contributed by atoms with van der Waals surface area (Å²) >= 11 is 5.53. The Balaban J connectivity index is 2.81. The van der Waals surface area contributed by atoms with Gasteiger partial charge in [-0.1, -0.05) is 11.6 Å². The van der Waals surface area contributed by atoms with Crippen LogP contribution in [0.15, 0.2) is 6.07 Å². The summed E-state index contributed by atoms with van der Waals surface area (Å²) in [7, 11) is 3.55. The fourth-order valence-electron chi connectivity index (χ4n) is 1.65. The van der Waals surface area contributed by atoms with Gasteiger partial charge < -0.3 is 15.3 Å². The highest BCUT2D eigenvalue weighted by Crippen LogP contribution is 2.28. The number of nitrogens with zero attached hydrogens (tertiary/aromatic N) is 3. The molecule has 1 rings (SSSR count). The lowest BCUT2D eigenvalue weighted by Gasteiger charge is -2.27. The average Bonchev–Trinajstić information content (AvgIpc) is 2.23. The predicted octanol–water partition coefficient (Wildman–Crippen LogP) is 1.87. The van der Waals surface area contributed by atoms with Gasteiger partial charge in [-0.15, -0.1) is 0 Å². The Hall–Kier alpha value is -1.12. The molecule has 0 fully saturated rings. The van der Waals surface area contributed by atoms with Crippen molar-refractivity contribution < 1.29 is 18.3 Å². The molecule has 114 valence electrons. The second kappa shape index (κ2) is 6.11. The van der Waals surface area contributed by atoms with E-state index >= 15 is 0 Å². The van der Waals surface area contributed by atoms with E-state index in [9.17, 15) is 18.3 Å². The largest absolute Gasteiger partial charge is 0.451 e. The highest BCUT2D eigenvalue weighted by atomic mass is 35.5. The Morgan fingerprint density at radius 2 is 1.95 bits per heavy atom. The maximum absolute atomic E-state index is 12.5. The molecule has 1 aromatic rings. The Bertz CT molecular complexity index is 465. The molecule has 1 atom stereocenters. The third kappa shape index (κ3) is 5.48. The van der Waals surface area contributed by atoms with Crippen molar-refractivity contribution in [2.24, 2.45) is 0 Å². The van der Waals surface area contributed by atoms with Crippen LogP contribution in [-0.4, -0.2) is 52.8 Å². The molecule has 0 aliphatic carbocycles. The summed E-state index contributed by atoms with van der Waals surface area (Å²) in [4.78, 5) is 8.21. The molecule has 0 saturated carbocycles. The highest BCUT2D eigenvalue weighted by molar-refractivity contribution is 6.29. The lowest BCUT2D eigenvalue weighted by atomic mass is 10.1. The molecule has 0 aromatic carbocycles. The molecule has 0 saturated heterocycles. The molecule has 1 aromatic heterocycles. The average molecular weight is 313 g/mol. The van der Waals surface area contributed by atoms with Crippen LogP contribution in [-0.2, 0) is 6.18 Å². The molecular weight excluding hydrogens is 297 g/mol. The van der Waals surface area contributed by atoms with E-state index in [0.717, 1.165) is 0 Å². The van der Waals surface area contributed by atoms with Gasteiger partial charge in [0.1, 0.15) is 11.0 Å². The monoisotopic (exact) mass is 312 g/mol. The molecule has 0 radical (unpaired) electrons. The number of aliphatic hydroxyl groups is 1. The summed E-state index contributed by atoms with van der Waals surface area (Å²) in [6.45, 7) is 1.92. The smallest absolute Gasteiger partial charge is 0.387 e. The van der Waals surface area contributed by atoms with Crippen LogP contribution in [0.5, 0.6) is 0 Å². The first-order valence-corrected chi connectivity index (χ1v) is 6.10. The molecule has 5 nitrogen and oxygen atoms in total. The van der Waals surface area contributed by atoms with E-state index in [1.165, 1.54) is 6.07 Å². The van der Waals surface area contributed by atoms with Crippen LogP contribution in [0.25, 0.3) is 0 Å². The minimum atomic E-state index is -4.67. The third-order valence-electron chi connectivity index (χ3n) is 2.26. The van der Waals surface area contributed by atoms with E-state index in [1.54, 1.807) is 25.9 Å². The number of hydrogen-bond acceptors (Lipinski definition) is 5. The number of likely N-dealkylation sites (N-methyl/N-ethyl adjacent to an activating group) is 1. The standard InChI is InChI=1S/C11H16ClF3N4O/c1-10(20,6-19(2)3)5-16-8-4-7(12)17-9(18-8)11(13,14)15/h4,20H,5-6H2,1-3H3,(H,16,17,18). The number of halogens is 4. The molecule has 0 aliphatic rings. The van der Waals surface area contributed by atoms with E-state index in [1.807, 2.05) is 0 Å². The van der Waals surface area contributed by atoms with Crippen LogP contribution < -0.4 is 5.32 Å². The van der Waals surface area contributed by atoms with Gasteiger partial charge in [0.2, 0.25) is 5.82 Å². The Morgan fingerprint density at radius 1 is 1.35 bits per heavy atom. The van der Waals surface area contributed by atoms with Crippen molar-refractivity contribution in [3.05, 3.63) is 17.0 Å². The fraction of sp³-hybridized carbons (Fsp3) is 0.636. The van der Waals surface area contributed by atoms with Crippen molar-refractivity contribution in [1.82, 2.24) is 14.9 Å². The van der Waals surface area contributed by atoms with Gasteiger partial charge in [-0.25, -0.2) is 9.97 Å². The van der Waals surface area contributed by atoms with Crippen LogP contribution in [0.4, 0.5) is 19.0 Å². The number of aromatic nitrogens is 2. The maximum atomic E-state index is 12.5. The zero-order chi connectivity index (χ0) is 15.6. The minimum absolute atomic E-state index is 0.0236. The van der Waals surface area contributed by atoms with Gasteiger partial charge in [0.15, 0.2) is 0 Å². The van der Waals surface area contributed by atoms with Crippen molar-refractivity contribution >= 4 is 17.4 Å². The molecule has 0 bridgehead atoms. The van der Waals surface area contributed by atoms with E-state index in [2.05, 4.69) is 15.3 Å². The van der Waals surface area contributed by atoms with Gasteiger partial charge in [-0.3, -0.25) is 0 Å². The number of nitrogens with one attached hydrogen (secondary N) is 1. The number of rotatable bonds is 5. The van der Waals surface area contributed by atoms with Crippen molar-refractivity contribution in [3.8, 4) is 0 Å². The highest BCUT2D eigenvalue weighted by Gasteiger charge is 2.35. The molecule has 2 N–H and O–H groups in total. The van der Waals surface area contributed by atoms with Gasteiger partial charge in [0.05, 0.1) is 5.60 Å². The predicted molar refractivity (Wildman–Crippen MR) is 69.7 cm³/mol. The Labute approximate surface area is 119 Å². The Kier molecular flexibility index (Phi) is 5.17. The molecule has 1 unspecified atom stereocenters. The zero-order valence-corrected chi connectivity index (χ0v) is 12.0. The minimum Gasteiger partial charge on any atom is -0.387 e. The molecule has 1 heterocycles. The molecule has 0 aliphatic heterocycles. The maximum Gasteiger partial charge on any atom is 0.451 e. The van der Waals surface area contributed by atoms with Crippen LogP contribution in [0.2, 0.25) is 5.15 Å². The van der Waals surface area contributed by atoms with E-state index in [-0.39, 0.29) is 17.5 Å². The van der Waals surface area contributed by atoms with Crippen molar-refractivity contribution in [3.63, 3.8) is 0 Å². The summed E-state index contributed by atoms with van der Waals surface area (Å²) in [5.74, 6) is -1.41. The summed E-state index contributed by atoms with van der Waals surface area (Å²) in [6.07, 6.45) is -4.67. The molecule has 9 heteroatoms. The second-order valence-corrected chi connectivity index (χ2v) is 5.37. The van der Waals surface area contributed by atoms with Crippen LogP contribution in [0.3, 0.4) is 0 Å². The first-order valence-electron chi connectivity index (χ1n) is 5.72. The normalized spacial score (nSPS) is 15.2. The van der Waals surface area contributed by atoms with E-state index in [4.69, 9.17) is 11.6 Å². The molecule has 0 amide bonds. The van der Waals surface area contributed by atoms with Gasteiger partial charge in [-0.05, 0) is 21.0 Å².